The number of nitrogens with one attached hydrogen (secondary N) is 1. The molecule has 3 rings (SSSR count). The van der Waals surface area contributed by atoms with Crippen LogP contribution in [0.3, 0.4) is 0 Å². The maximum atomic E-state index is 12.5. The van der Waals surface area contributed by atoms with Crippen molar-refractivity contribution in [1.82, 2.24) is 4.98 Å². The SMILES string of the molecule is Cc1cccc2c(N(C)C(=O)c3ccccc3)c[nH]c12. The quantitative estimate of drug-likeness (QED) is 0.751. The number of benzene rings is 2. The monoisotopic (exact) mass is 264 g/mol. The van der Waals surface area contributed by atoms with Crippen molar-refractivity contribution in [3.05, 3.63) is 65.9 Å². The molecule has 3 heteroatoms. The molecule has 0 radical (unpaired) electrons. The summed E-state index contributed by atoms with van der Waals surface area (Å²) in [7, 11) is 1.81. The minimum atomic E-state index is -0.00648. The highest BCUT2D eigenvalue weighted by Crippen LogP contribution is 2.28. The summed E-state index contributed by atoms with van der Waals surface area (Å²) in [6, 6.07) is 15.4. The third-order valence-electron chi connectivity index (χ3n) is 3.59. The summed E-state index contributed by atoms with van der Waals surface area (Å²) >= 11 is 0. The van der Waals surface area contributed by atoms with Crippen molar-refractivity contribution in [2.45, 2.75) is 6.92 Å². The van der Waals surface area contributed by atoms with E-state index >= 15 is 0 Å². The smallest absolute Gasteiger partial charge is 0.258 e. The minimum Gasteiger partial charge on any atom is -0.359 e. The summed E-state index contributed by atoms with van der Waals surface area (Å²) < 4.78 is 0. The number of para-hydroxylation sites is 1. The van der Waals surface area contributed by atoms with Crippen molar-refractivity contribution in [3.63, 3.8) is 0 Å². The molecule has 3 aromatic rings. The van der Waals surface area contributed by atoms with Gasteiger partial charge in [0.1, 0.15) is 0 Å². The lowest BCUT2D eigenvalue weighted by Crippen LogP contribution is -2.25. The van der Waals surface area contributed by atoms with Gasteiger partial charge in [0.15, 0.2) is 0 Å². The van der Waals surface area contributed by atoms with E-state index in [1.165, 1.54) is 5.56 Å². The number of hydrogen-bond donors (Lipinski definition) is 1. The van der Waals surface area contributed by atoms with Gasteiger partial charge in [0.05, 0.1) is 11.2 Å². The van der Waals surface area contributed by atoms with Crippen LogP contribution in [0.25, 0.3) is 10.9 Å². The maximum Gasteiger partial charge on any atom is 0.258 e. The Balaban J connectivity index is 2.03. The molecule has 0 unspecified atom stereocenters. The molecule has 0 saturated heterocycles. The number of carbonyl (C=O) groups is 1. The van der Waals surface area contributed by atoms with Gasteiger partial charge in [-0.1, -0.05) is 36.4 Å². The second-order valence-electron chi connectivity index (χ2n) is 4.90. The highest BCUT2D eigenvalue weighted by molar-refractivity contribution is 6.10. The lowest BCUT2D eigenvalue weighted by atomic mass is 10.1. The van der Waals surface area contributed by atoms with Crippen LogP contribution in [0.5, 0.6) is 0 Å². The summed E-state index contributed by atoms with van der Waals surface area (Å²) in [5, 5.41) is 1.07. The summed E-state index contributed by atoms with van der Waals surface area (Å²) in [5.41, 5.74) is 3.85. The fourth-order valence-corrected chi connectivity index (χ4v) is 2.45. The van der Waals surface area contributed by atoms with Crippen LogP contribution in [0.15, 0.2) is 54.7 Å². The molecule has 1 N–H and O–H groups in total. The predicted molar refractivity (Wildman–Crippen MR) is 82.2 cm³/mol. The van der Waals surface area contributed by atoms with Crippen LogP contribution in [0.2, 0.25) is 0 Å². The summed E-state index contributed by atoms with van der Waals surface area (Å²) in [6.07, 6.45) is 1.89. The molecule has 0 bridgehead atoms. The number of carbonyl (C=O) groups excluding carboxylic acids is 1. The number of rotatable bonds is 2. The van der Waals surface area contributed by atoms with Gasteiger partial charge in [0.25, 0.3) is 5.91 Å². The highest BCUT2D eigenvalue weighted by atomic mass is 16.2. The van der Waals surface area contributed by atoms with Gasteiger partial charge in [0.2, 0.25) is 0 Å². The molecule has 100 valence electrons. The molecule has 0 saturated carbocycles. The Kier molecular flexibility index (Phi) is 3.03. The van der Waals surface area contributed by atoms with Crippen molar-refractivity contribution in [3.8, 4) is 0 Å². The van der Waals surface area contributed by atoms with Gasteiger partial charge in [-0.25, -0.2) is 0 Å². The third-order valence-corrected chi connectivity index (χ3v) is 3.59. The fraction of sp³-hybridized carbons (Fsp3) is 0.118. The number of amides is 1. The van der Waals surface area contributed by atoms with Crippen molar-refractivity contribution >= 4 is 22.5 Å². The van der Waals surface area contributed by atoms with E-state index in [0.29, 0.717) is 5.56 Å². The number of aromatic amines is 1. The lowest BCUT2D eigenvalue weighted by Gasteiger charge is -2.16. The van der Waals surface area contributed by atoms with Crippen LogP contribution >= 0.6 is 0 Å². The Bertz CT molecular complexity index is 759. The number of hydrogen-bond acceptors (Lipinski definition) is 1. The topological polar surface area (TPSA) is 36.1 Å². The second-order valence-corrected chi connectivity index (χ2v) is 4.90. The summed E-state index contributed by atoms with van der Waals surface area (Å²) in [4.78, 5) is 17.4. The number of nitrogens with zero attached hydrogens (tertiary/aromatic N) is 1. The van der Waals surface area contributed by atoms with Gasteiger partial charge in [-0.15, -0.1) is 0 Å². The third kappa shape index (κ3) is 1.97. The van der Waals surface area contributed by atoms with Gasteiger partial charge in [-0.05, 0) is 24.6 Å². The van der Waals surface area contributed by atoms with E-state index in [9.17, 15) is 4.79 Å². The molecular formula is C17H16N2O. The largest absolute Gasteiger partial charge is 0.359 e. The summed E-state index contributed by atoms with van der Waals surface area (Å²) in [5.74, 6) is -0.00648. The predicted octanol–water partition coefficient (Wildman–Crippen LogP) is 3.75. The Hall–Kier alpha value is -2.55. The van der Waals surface area contributed by atoms with Crippen molar-refractivity contribution < 1.29 is 4.79 Å². The number of aromatic nitrogens is 1. The molecule has 0 aliphatic heterocycles. The van der Waals surface area contributed by atoms with Crippen molar-refractivity contribution in [2.24, 2.45) is 0 Å². The Morgan fingerprint density at radius 1 is 1.05 bits per heavy atom. The molecule has 0 aliphatic carbocycles. The zero-order chi connectivity index (χ0) is 14.1. The van der Waals surface area contributed by atoms with Crippen LogP contribution < -0.4 is 4.90 Å². The number of aryl methyl sites for hydroxylation is 1. The number of H-pyrrole nitrogens is 1. The molecule has 0 atom stereocenters. The molecule has 0 spiro atoms. The van der Waals surface area contributed by atoms with E-state index in [0.717, 1.165) is 16.6 Å². The van der Waals surface area contributed by atoms with Gasteiger partial charge in [0, 0.05) is 24.2 Å². The average Bonchev–Trinajstić information content (AvgIpc) is 2.92. The van der Waals surface area contributed by atoms with E-state index in [-0.39, 0.29) is 5.91 Å². The van der Waals surface area contributed by atoms with Crippen molar-refractivity contribution in [2.75, 3.05) is 11.9 Å². The molecule has 0 fully saturated rings. The first kappa shape index (κ1) is 12.5. The normalized spacial score (nSPS) is 10.7. The average molecular weight is 264 g/mol. The van der Waals surface area contributed by atoms with Crippen LogP contribution in [0.4, 0.5) is 5.69 Å². The fourth-order valence-electron chi connectivity index (χ4n) is 2.45. The molecule has 1 amide bonds. The first-order chi connectivity index (χ1) is 9.68. The van der Waals surface area contributed by atoms with Crippen LogP contribution in [0, 0.1) is 6.92 Å². The maximum absolute atomic E-state index is 12.5. The second kappa shape index (κ2) is 4.85. The molecule has 3 nitrogen and oxygen atoms in total. The number of fused-ring (bicyclic) bond motifs is 1. The zero-order valence-corrected chi connectivity index (χ0v) is 11.6. The minimum absolute atomic E-state index is 0.00648. The van der Waals surface area contributed by atoms with Crippen molar-refractivity contribution in [1.29, 1.82) is 0 Å². The van der Waals surface area contributed by atoms with Gasteiger partial charge < -0.3 is 9.88 Å². The lowest BCUT2D eigenvalue weighted by molar-refractivity contribution is 0.0993. The summed E-state index contributed by atoms with van der Waals surface area (Å²) in [6.45, 7) is 2.06. The van der Waals surface area contributed by atoms with Gasteiger partial charge >= 0.3 is 0 Å². The molecule has 1 heterocycles. The Morgan fingerprint density at radius 2 is 1.80 bits per heavy atom. The Morgan fingerprint density at radius 3 is 2.55 bits per heavy atom. The van der Waals surface area contributed by atoms with E-state index in [1.807, 2.05) is 48.7 Å². The van der Waals surface area contributed by atoms with E-state index < -0.39 is 0 Å². The van der Waals surface area contributed by atoms with Crippen LogP contribution in [0.1, 0.15) is 15.9 Å². The Labute approximate surface area is 117 Å². The van der Waals surface area contributed by atoms with Crippen LogP contribution in [-0.2, 0) is 0 Å². The highest BCUT2D eigenvalue weighted by Gasteiger charge is 2.16. The molecule has 1 aromatic heterocycles. The van der Waals surface area contributed by atoms with E-state index in [2.05, 4.69) is 18.0 Å². The molecular weight excluding hydrogens is 248 g/mol. The zero-order valence-electron chi connectivity index (χ0n) is 11.6. The molecule has 20 heavy (non-hydrogen) atoms. The molecule has 0 aliphatic rings. The van der Waals surface area contributed by atoms with E-state index in [1.54, 1.807) is 11.9 Å². The number of anilines is 1. The first-order valence-corrected chi connectivity index (χ1v) is 6.58. The molecule has 2 aromatic carbocycles. The first-order valence-electron chi connectivity index (χ1n) is 6.58. The van der Waals surface area contributed by atoms with Gasteiger partial charge in [-0.3, -0.25) is 4.79 Å². The van der Waals surface area contributed by atoms with Crippen LogP contribution in [-0.4, -0.2) is 17.9 Å². The van der Waals surface area contributed by atoms with E-state index in [4.69, 9.17) is 0 Å². The standard InChI is InChI=1S/C17H16N2O/c1-12-7-6-10-14-15(11-18-16(12)14)19(2)17(20)13-8-4-3-5-9-13/h3-11,18H,1-2H3. The van der Waals surface area contributed by atoms with Gasteiger partial charge in [-0.2, -0.15) is 0 Å².